The fourth-order valence-electron chi connectivity index (χ4n) is 4.17. The Labute approximate surface area is 202 Å². The molecule has 0 radical (unpaired) electrons. The molecule has 2 aromatic rings. The van der Waals surface area contributed by atoms with Crippen molar-refractivity contribution in [2.45, 2.75) is 52.1 Å². The van der Waals surface area contributed by atoms with Gasteiger partial charge in [0.1, 0.15) is 6.61 Å². The van der Waals surface area contributed by atoms with Crippen LogP contribution < -0.4 is 5.32 Å². The van der Waals surface area contributed by atoms with Crippen LogP contribution in [0.15, 0.2) is 66.9 Å². The van der Waals surface area contributed by atoms with Crippen molar-refractivity contribution < 1.29 is 19.1 Å². The van der Waals surface area contributed by atoms with Crippen molar-refractivity contribution in [3.8, 4) is 0 Å². The molecule has 0 bridgehead atoms. The van der Waals surface area contributed by atoms with Gasteiger partial charge in [0.2, 0.25) is 5.91 Å². The number of allylic oxidation sites excluding steroid dienone is 1. The number of amides is 2. The molecule has 0 aromatic heterocycles. The topological polar surface area (TPSA) is 67.9 Å². The first kappa shape index (κ1) is 25.5. The third kappa shape index (κ3) is 9.02. The van der Waals surface area contributed by atoms with Crippen molar-refractivity contribution in [1.82, 2.24) is 4.90 Å². The summed E-state index contributed by atoms with van der Waals surface area (Å²) in [5.74, 6) is 0.966. The fourth-order valence-corrected chi connectivity index (χ4v) is 4.17. The van der Waals surface area contributed by atoms with Crippen LogP contribution in [0.25, 0.3) is 0 Å². The van der Waals surface area contributed by atoms with Gasteiger partial charge in [0.25, 0.3) is 0 Å². The molecule has 0 aliphatic carbocycles. The second kappa shape index (κ2) is 13.6. The lowest BCUT2D eigenvalue weighted by molar-refractivity contribution is -0.121. The molecule has 0 saturated carbocycles. The predicted octanol–water partition coefficient (Wildman–Crippen LogP) is 5.94. The smallest absolute Gasteiger partial charge is 0.414 e. The summed E-state index contributed by atoms with van der Waals surface area (Å²) >= 11 is 0. The number of unbranched alkanes of at least 4 members (excludes halogenated alkanes) is 1. The molecule has 1 aliphatic heterocycles. The molecule has 1 aliphatic rings. The third-order valence-electron chi connectivity index (χ3n) is 6.04. The van der Waals surface area contributed by atoms with E-state index in [1.165, 1.54) is 18.4 Å². The summed E-state index contributed by atoms with van der Waals surface area (Å²) in [6, 6.07) is 17.9. The van der Waals surface area contributed by atoms with E-state index < -0.39 is 0 Å². The predicted molar refractivity (Wildman–Crippen MR) is 134 cm³/mol. The number of hydrogen-bond donors (Lipinski definition) is 1. The number of piperidine rings is 1. The SMILES string of the molecule is C=C(C)OC(=O)N1CCC(CCCCc2ccc(NC(=O)COCc3ccccc3)cc2)CC1. The van der Waals surface area contributed by atoms with E-state index in [0.717, 1.165) is 50.0 Å². The van der Waals surface area contributed by atoms with Crippen molar-refractivity contribution in [2.24, 2.45) is 5.92 Å². The molecule has 3 rings (SSSR count). The lowest BCUT2D eigenvalue weighted by Gasteiger charge is -2.31. The molecule has 0 spiro atoms. The van der Waals surface area contributed by atoms with Crippen LogP contribution in [0.1, 0.15) is 50.2 Å². The number of rotatable bonds is 11. The molecule has 2 amide bonds. The lowest BCUT2D eigenvalue weighted by Crippen LogP contribution is -2.38. The van der Waals surface area contributed by atoms with Gasteiger partial charge < -0.3 is 19.7 Å². The molecule has 1 heterocycles. The molecule has 0 atom stereocenters. The zero-order valence-electron chi connectivity index (χ0n) is 20.1. The maximum atomic E-state index is 12.1. The third-order valence-corrected chi connectivity index (χ3v) is 6.04. The molecule has 6 heteroatoms. The van der Waals surface area contributed by atoms with Gasteiger partial charge >= 0.3 is 6.09 Å². The van der Waals surface area contributed by atoms with E-state index in [-0.39, 0.29) is 18.6 Å². The largest absolute Gasteiger partial charge is 0.416 e. The number of likely N-dealkylation sites (tertiary alicyclic amines) is 1. The molecule has 1 N–H and O–H groups in total. The van der Waals surface area contributed by atoms with Crippen molar-refractivity contribution in [3.05, 3.63) is 78.1 Å². The lowest BCUT2D eigenvalue weighted by atomic mass is 9.91. The van der Waals surface area contributed by atoms with Crippen molar-refractivity contribution in [3.63, 3.8) is 0 Å². The number of hydrogen-bond acceptors (Lipinski definition) is 4. The number of benzene rings is 2. The van der Waals surface area contributed by atoms with Gasteiger partial charge in [-0.25, -0.2) is 4.79 Å². The highest BCUT2D eigenvalue weighted by molar-refractivity contribution is 5.91. The minimum absolute atomic E-state index is 0.0324. The molecule has 6 nitrogen and oxygen atoms in total. The first-order chi connectivity index (χ1) is 16.5. The average molecular weight is 465 g/mol. The van der Waals surface area contributed by atoms with Crippen LogP contribution >= 0.6 is 0 Å². The Morgan fingerprint density at radius 3 is 2.38 bits per heavy atom. The van der Waals surface area contributed by atoms with E-state index in [9.17, 15) is 9.59 Å². The number of nitrogens with zero attached hydrogens (tertiary/aromatic N) is 1. The van der Waals surface area contributed by atoms with Crippen LogP contribution in [-0.2, 0) is 27.3 Å². The van der Waals surface area contributed by atoms with Gasteiger partial charge in [-0.15, -0.1) is 0 Å². The monoisotopic (exact) mass is 464 g/mol. The zero-order chi connectivity index (χ0) is 24.2. The van der Waals surface area contributed by atoms with Gasteiger partial charge in [0, 0.05) is 18.8 Å². The van der Waals surface area contributed by atoms with E-state index in [4.69, 9.17) is 9.47 Å². The summed E-state index contributed by atoms with van der Waals surface area (Å²) < 4.78 is 10.6. The highest BCUT2D eigenvalue weighted by Crippen LogP contribution is 2.24. The number of ether oxygens (including phenoxy) is 2. The number of carbonyl (C=O) groups excluding carboxylic acids is 2. The van der Waals surface area contributed by atoms with E-state index in [1.54, 1.807) is 11.8 Å². The van der Waals surface area contributed by atoms with Gasteiger partial charge in [-0.3, -0.25) is 4.79 Å². The van der Waals surface area contributed by atoms with Gasteiger partial charge in [-0.2, -0.15) is 0 Å². The highest BCUT2D eigenvalue weighted by atomic mass is 16.6. The molecular weight excluding hydrogens is 428 g/mol. The normalized spacial score (nSPS) is 14.0. The van der Waals surface area contributed by atoms with Gasteiger partial charge in [-0.1, -0.05) is 61.9 Å². The maximum absolute atomic E-state index is 12.1. The van der Waals surface area contributed by atoms with E-state index in [0.29, 0.717) is 18.3 Å². The Hall–Kier alpha value is -3.12. The summed E-state index contributed by atoms with van der Waals surface area (Å²) in [7, 11) is 0. The summed E-state index contributed by atoms with van der Waals surface area (Å²) in [6.07, 6.45) is 6.34. The molecule has 34 heavy (non-hydrogen) atoms. The Bertz CT molecular complexity index is 919. The molecule has 0 unspecified atom stereocenters. The molecule has 182 valence electrons. The Balaban J connectivity index is 1.27. The Kier molecular flexibility index (Phi) is 10.2. The maximum Gasteiger partial charge on any atom is 0.414 e. The van der Waals surface area contributed by atoms with Gasteiger partial charge in [0.05, 0.1) is 12.4 Å². The minimum atomic E-state index is -0.273. The second-order valence-corrected chi connectivity index (χ2v) is 8.97. The van der Waals surface area contributed by atoms with Gasteiger partial charge in [0.15, 0.2) is 0 Å². The molecular formula is C28H36N2O4. The van der Waals surface area contributed by atoms with E-state index >= 15 is 0 Å². The summed E-state index contributed by atoms with van der Waals surface area (Å²) in [6.45, 7) is 7.30. The van der Waals surface area contributed by atoms with Crippen LogP contribution in [0.2, 0.25) is 0 Å². The van der Waals surface area contributed by atoms with E-state index in [2.05, 4.69) is 24.0 Å². The Morgan fingerprint density at radius 2 is 1.71 bits per heavy atom. The Morgan fingerprint density at radius 1 is 1.00 bits per heavy atom. The molecule has 1 fully saturated rings. The van der Waals surface area contributed by atoms with Crippen LogP contribution in [0, 0.1) is 5.92 Å². The number of carbonyl (C=O) groups is 2. The highest BCUT2D eigenvalue weighted by Gasteiger charge is 2.23. The summed E-state index contributed by atoms with van der Waals surface area (Å²) in [5.41, 5.74) is 3.11. The standard InChI is InChI=1S/C28H36N2O4/c1-22(2)34-28(32)30-18-16-24(17-19-30)9-7-6-8-23-12-14-26(15-13-23)29-27(31)21-33-20-25-10-4-3-5-11-25/h3-5,10-15,24H,1,6-9,16-21H2,2H3,(H,29,31). The summed E-state index contributed by atoms with van der Waals surface area (Å²) in [5, 5.41) is 2.88. The number of aryl methyl sites for hydroxylation is 1. The van der Waals surface area contributed by atoms with Crippen LogP contribution in [0.4, 0.5) is 10.5 Å². The first-order valence-corrected chi connectivity index (χ1v) is 12.1. The molecule has 1 saturated heterocycles. The summed E-state index contributed by atoms with van der Waals surface area (Å²) in [4.78, 5) is 25.8. The van der Waals surface area contributed by atoms with Crippen molar-refractivity contribution in [1.29, 1.82) is 0 Å². The zero-order valence-corrected chi connectivity index (χ0v) is 20.1. The second-order valence-electron chi connectivity index (χ2n) is 8.97. The average Bonchev–Trinajstić information content (AvgIpc) is 2.83. The number of nitrogens with one attached hydrogen (secondary N) is 1. The molecule has 2 aromatic carbocycles. The van der Waals surface area contributed by atoms with Crippen molar-refractivity contribution >= 4 is 17.7 Å². The van der Waals surface area contributed by atoms with Gasteiger partial charge in [-0.05, 0) is 61.8 Å². The van der Waals surface area contributed by atoms with Crippen molar-refractivity contribution in [2.75, 3.05) is 25.0 Å². The van der Waals surface area contributed by atoms with Crippen LogP contribution in [0.5, 0.6) is 0 Å². The van der Waals surface area contributed by atoms with Crippen LogP contribution in [0.3, 0.4) is 0 Å². The fraction of sp³-hybridized carbons (Fsp3) is 0.429. The minimum Gasteiger partial charge on any atom is -0.416 e. The van der Waals surface area contributed by atoms with E-state index in [1.807, 2.05) is 42.5 Å². The number of anilines is 1. The quantitative estimate of drug-likeness (QED) is 0.330. The van der Waals surface area contributed by atoms with Crippen LogP contribution in [-0.4, -0.2) is 36.6 Å². The first-order valence-electron chi connectivity index (χ1n) is 12.1.